The standard InChI is InChI=1S/C15H22N2O4S/c1-3-21-14-6-4-13(5-7-14)12-15(18)16-8-10-17(11-9-16)22(2,19)20/h4-7H,3,8-12H2,1-2H3. The van der Waals surface area contributed by atoms with Crippen LogP contribution in [0.3, 0.4) is 0 Å². The molecule has 6 nitrogen and oxygen atoms in total. The molecule has 1 fully saturated rings. The van der Waals surface area contributed by atoms with Gasteiger partial charge in [-0.2, -0.15) is 4.31 Å². The Balaban J connectivity index is 1.88. The lowest BCUT2D eigenvalue weighted by Gasteiger charge is -2.33. The Hall–Kier alpha value is -1.60. The summed E-state index contributed by atoms with van der Waals surface area (Å²) >= 11 is 0. The number of hydrogen-bond acceptors (Lipinski definition) is 4. The van der Waals surface area contributed by atoms with Crippen molar-refractivity contribution in [3.63, 3.8) is 0 Å². The first-order chi connectivity index (χ1) is 10.4. The predicted octanol–water partition coefficient (Wildman–Crippen LogP) is 0.732. The minimum absolute atomic E-state index is 0.0253. The largest absolute Gasteiger partial charge is 0.494 e. The van der Waals surface area contributed by atoms with E-state index >= 15 is 0 Å². The van der Waals surface area contributed by atoms with Crippen LogP contribution in [-0.4, -0.2) is 62.6 Å². The van der Waals surface area contributed by atoms with Gasteiger partial charge in [0.05, 0.1) is 19.3 Å². The second-order valence-electron chi connectivity index (χ2n) is 5.30. The number of carbonyl (C=O) groups excluding carboxylic acids is 1. The van der Waals surface area contributed by atoms with Gasteiger partial charge in [0, 0.05) is 26.2 Å². The summed E-state index contributed by atoms with van der Waals surface area (Å²) in [4.78, 5) is 14.0. The van der Waals surface area contributed by atoms with Crippen molar-refractivity contribution in [3.05, 3.63) is 29.8 Å². The normalized spacial score (nSPS) is 16.5. The van der Waals surface area contributed by atoms with Gasteiger partial charge in [0.15, 0.2) is 0 Å². The summed E-state index contributed by atoms with van der Waals surface area (Å²) in [5.74, 6) is 0.817. The van der Waals surface area contributed by atoms with Gasteiger partial charge in [-0.3, -0.25) is 4.79 Å². The third kappa shape index (κ3) is 4.45. The van der Waals surface area contributed by atoms with Gasteiger partial charge in [-0.15, -0.1) is 0 Å². The molecule has 0 radical (unpaired) electrons. The molecule has 7 heteroatoms. The molecule has 1 saturated heterocycles. The van der Waals surface area contributed by atoms with Gasteiger partial charge in [0.1, 0.15) is 5.75 Å². The van der Waals surface area contributed by atoms with E-state index in [0.29, 0.717) is 39.2 Å². The van der Waals surface area contributed by atoms with E-state index in [1.807, 2.05) is 31.2 Å². The fourth-order valence-corrected chi connectivity index (χ4v) is 3.25. The van der Waals surface area contributed by atoms with Crippen LogP contribution < -0.4 is 4.74 Å². The molecule has 1 aliphatic heterocycles. The van der Waals surface area contributed by atoms with E-state index in [1.165, 1.54) is 10.6 Å². The van der Waals surface area contributed by atoms with Crippen LogP contribution >= 0.6 is 0 Å². The van der Waals surface area contributed by atoms with Gasteiger partial charge in [-0.05, 0) is 24.6 Å². The third-order valence-electron chi connectivity index (χ3n) is 3.65. The van der Waals surface area contributed by atoms with Crippen molar-refractivity contribution in [3.8, 4) is 5.75 Å². The van der Waals surface area contributed by atoms with Crippen LogP contribution in [0.15, 0.2) is 24.3 Å². The Kier molecular flexibility index (Phi) is 5.42. The lowest BCUT2D eigenvalue weighted by Crippen LogP contribution is -2.50. The third-order valence-corrected chi connectivity index (χ3v) is 4.95. The average Bonchev–Trinajstić information content (AvgIpc) is 2.49. The first-order valence-corrected chi connectivity index (χ1v) is 9.19. The molecular formula is C15H22N2O4S. The van der Waals surface area contributed by atoms with Crippen LogP contribution in [0.1, 0.15) is 12.5 Å². The molecule has 1 heterocycles. The maximum atomic E-state index is 12.3. The fourth-order valence-electron chi connectivity index (χ4n) is 2.43. The summed E-state index contributed by atoms with van der Waals surface area (Å²) in [5, 5.41) is 0. The molecule has 0 bridgehead atoms. The first kappa shape index (κ1) is 16.8. The van der Waals surface area contributed by atoms with Gasteiger partial charge in [-0.25, -0.2) is 8.42 Å². The maximum absolute atomic E-state index is 12.3. The molecule has 0 spiro atoms. The second-order valence-corrected chi connectivity index (χ2v) is 7.28. The zero-order chi connectivity index (χ0) is 16.2. The molecule has 1 aromatic rings. The van der Waals surface area contributed by atoms with Gasteiger partial charge in [0.2, 0.25) is 15.9 Å². The number of carbonyl (C=O) groups is 1. The minimum Gasteiger partial charge on any atom is -0.494 e. The van der Waals surface area contributed by atoms with E-state index in [1.54, 1.807) is 4.90 Å². The number of hydrogen-bond donors (Lipinski definition) is 0. The molecular weight excluding hydrogens is 304 g/mol. The molecule has 122 valence electrons. The summed E-state index contributed by atoms with van der Waals surface area (Å²) in [6.45, 7) is 4.17. The van der Waals surface area contributed by atoms with E-state index in [2.05, 4.69) is 0 Å². The topological polar surface area (TPSA) is 66.9 Å². The van der Waals surface area contributed by atoms with Crippen molar-refractivity contribution in [1.82, 2.24) is 9.21 Å². The number of ether oxygens (including phenoxy) is 1. The molecule has 0 atom stereocenters. The fraction of sp³-hybridized carbons (Fsp3) is 0.533. The summed E-state index contributed by atoms with van der Waals surface area (Å²) in [7, 11) is -3.16. The molecule has 2 rings (SSSR count). The van der Waals surface area contributed by atoms with Gasteiger partial charge >= 0.3 is 0 Å². The van der Waals surface area contributed by atoms with Crippen LogP contribution in [0, 0.1) is 0 Å². The van der Waals surface area contributed by atoms with E-state index < -0.39 is 10.0 Å². The average molecular weight is 326 g/mol. The van der Waals surface area contributed by atoms with E-state index in [4.69, 9.17) is 4.74 Å². The Morgan fingerprint density at radius 2 is 1.73 bits per heavy atom. The van der Waals surface area contributed by atoms with E-state index in [-0.39, 0.29) is 5.91 Å². The zero-order valence-electron chi connectivity index (χ0n) is 13.0. The smallest absolute Gasteiger partial charge is 0.227 e. The Morgan fingerprint density at radius 3 is 2.23 bits per heavy atom. The molecule has 0 unspecified atom stereocenters. The van der Waals surface area contributed by atoms with Crippen molar-refractivity contribution >= 4 is 15.9 Å². The number of sulfonamides is 1. The lowest BCUT2D eigenvalue weighted by atomic mass is 10.1. The van der Waals surface area contributed by atoms with Gasteiger partial charge in [0.25, 0.3) is 0 Å². The number of benzene rings is 1. The predicted molar refractivity (Wildman–Crippen MR) is 84.3 cm³/mol. The second kappa shape index (κ2) is 7.11. The SMILES string of the molecule is CCOc1ccc(CC(=O)N2CCN(S(C)(=O)=O)CC2)cc1. The van der Waals surface area contributed by atoms with Crippen LogP contribution in [0.4, 0.5) is 0 Å². The Morgan fingerprint density at radius 1 is 1.14 bits per heavy atom. The highest BCUT2D eigenvalue weighted by molar-refractivity contribution is 7.88. The van der Waals surface area contributed by atoms with Gasteiger partial charge in [-0.1, -0.05) is 12.1 Å². The minimum atomic E-state index is -3.16. The number of amides is 1. The number of rotatable bonds is 5. The van der Waals surface area contributed by atoms with Crippen molar-refractivity contribution in [1.29, 1.82) is 0 Å². The molecule has 1 amide bonds. The van der Waals surface area contributed by atoms with Crippen LogP contribution in [0.2, 0.25) is 0 Å². The number of piperazine rings is 1. The first-order valence-electron chi connectivity index (χ1n) is 7.35. The van der Waals surface area contributed by atoms with Crippen molar-refractivity contribution in [2.45, 2.75) is 13.3 Å². The van der Waals surface area contributed by atoms with Crippen molar-refractivity contribution in [2.75, 3.05) is 39.0 Å². The zero-order valence-corrected chi connectivity index (χ0v) is 13.8. The van der Waals surface area contributed by atoms with Crippen molar-refractivity contribution in [2.24, 2.45) is 0 Å². The number of nitrogens with zero attached hydrogens (tertiary/aromatic N) is 2. The monoisotopic (exact) mass is 326 g/mol. The molecule has 0 N–H and O–H groups in total. The summed E-state index contributed by atoms with van der Waals surface area (Å²) in [6.07, 6.45) is 1.52. The molecule has 1 aromatic carbocycles. The van der Waals surface area contributed by atoms with E-state index in [0.717, 1.165) is 11.3 Å². The molecule has 1 aliphatic rings. The van der Waals surface area contributed by atoms with Crippen LogP contribution in [0.25, 0.3) is 0 Å². The molecule has 22 heavy (non-hydrogen) atoms. The molecule has 0 saturated carbocycles. The lowest BCUT2D eigenvalue weighted by molar-refractivity contribution is -0.131. The molecule has 0 aromatic heterocycles. The highest BCUT2D eigenvalue weighted by atomic mass is 32.2. The quantitative estimate of drug-likeness (QED) is 0.800. The highest BCUT2D eigenvalue weighted by Crippen LogP contribution is 2.14. The summed E-state index contributed by atoms with van der Waals surface area (Å²) < 4.78 is 29.7. The summed E-state index contributed by atoms with van der Waals surface area (Å²) in [6, 6.07) is 7.48. The van der Waals surface area contributed by atoms with E-state index in [9.17, 15) is 13.2 Å². The maximum Gasteiger partial charge on any atom is 0.227 e. The van der Waals surface area contributed by atoms with Crippen LogP contribution in [-0.2, 0) is 21.2 Å². The van der Waals surface area contributed by atoms with Gasteiger partial charge < -0.3 is 9.64 Å². The highest BCUT2D eigenvalue weighted by Gasteiger charge is 2.25. The Bertz CT molecular complexity index is 605. The summed E-state index contributed by atoms with van der Waals surface area (Å²) in [5.41, 5.74) is 0.930. The van der Waals surface area contributed by atoms with Crippen molar-refractivity contribution < 1.29 is 17.9 Å². The Labute approximate surface area is 131 Å². The van der Waals surface area contributed by atoms with Crippen LogP contribution in [0.5, 0.6) is 5.75 Å². The molecule has 0 aliphatic carbocycles.